The Morgan fingerprint density at radius 1 is 0.526 bits per heavy atom. The van der Waals surface area contributed by atoms with Crippen LogP contribution < -0.4 is 12.4 Å². The fourth-order valence-corrected chi connectivity index (χ4v) is 1.37. The fourth-order valence-electron chi connectivity index (χ4n) is 1.37. The van der Waals surface area contributed by atoms with Crippen molar-refractivity contribution in [3.05, 3.63) is 46.8 Å². The zero-order chi connectivity index (χ0) is 12.9. The van der Waals surface area contributed by atoms with Crippen LogP contribution in [-0.4, -0.2) is 23.1 Å². The molecular weight excluding hydrogens is 313 g/mol. The van der Waals surface area contributed by atoms with E-state index < -0.39 is 51.5 Å². The molecule has 0 aliphatic rings. The minimum absolute atomic E-state index is 0. The van der Waals surface area contributed by atoms with Crippen LogP contribution in [-0.2, 0) is 0 Å². The normalized spacial score (nSPS) is 10.1. The van der Waals surface area contributed by atoms with Gasteiger partial charge in [-0.15, -0.1) is 6.07 Å². The van der Waals surface area contributed by atoms with Gasteiger partial charge in [0.1, 0.15) is 11.6 Å². The van der Waals surface area contributed by atoms with E-state index in [1.807, 2.05) is 0 Å². The third kappa shape index (κ3) is 2.61. The molecule has 2 rings (SSSR count). The van der Waals surface area contributed by atoms with Crippen LogP contribution in [0.15, 0.2) is 0 Å². The summed E-state index contributed by atoms with van der Waals surface area (Å²) in [5.74, 6) is -14.9. The van der Waals surface area contributed by atoms with Gasteiger partial charge in [0.05, 0.1) is 5.82 Å². The Bertz CT molecular complexity index is 644. The number of rotatable bonds is 0. The molecular formula is C10ClF7Mg. The van der Waals surface area contributed by atoms with Gasteiger partial charge in [-0.2, -0.15) is 0 Å². The van der Waals surface area contributed by atoms with Gasteiger partial charge in [0.25, 0.3) is 0 Å². The Labute approximate surface area is 124 Å². The molecule has 0 atom stereocenters. The second-order valence-corrected chi connectivity index (χ2v) is 3.07. The molecule has 0 aliphatic heterocycles. The van der Waals surface area contributed by atoms with E-state index in [-0.39, 0.29) is 35.5 Å². The Balaban J connectivity index is 0.00000162. The van der Waals surface area contributed by atoms with Crippen molar-refractivity contribution < 1.29 is 43.1 Å². The standard InChI is InChI=1S/C10F7.ClH.Mg/c11-2-1-3(12)6(13)5-4(2)7(14)9(16)10(17)8(5)15;;/h;1H;/q-1;;+2/p-1. The average molecular weight is 313 g/mol. The van der Waals surface area contributed by atoms with E-state index in [0.717, 1.165) is 6.07 Å². The summed E-state index contributed by atoms with van der Waals surface area (Å²) >= 11 is 0. The molecule has 0 spiro atoms. The number of benzene rings is 2. The maximum Gasteiger partial charge on any atom is 2.00 e. The first-order valence-electron chi connectivity index (χ1n) is 4.07. The van der Waals surface area contributed by atoms with Crippen molar-refractivity contribution in [2.24, 2.45) is 0 Å². The van der Waals surface area contributed by atoms with Gasteiger partial charge in [-0.05, 0) is 10.8 Å². The van der Waals surface area contributed by atoms with Crippen LogP contribution in [0.2, 0.25) is 0 Å². The molecule has 0 aliphatic carbocycles. The number of fused-ring (bicyclic) bond motifs is 1. The second kappa shape index (κ2) is 6.14. The van der Waals surface area contributed by atoms with E-state index >= 15 is 0 Å². The third-order valence-corrected chi connectivity index (χ3v) is 2.12. The minimum Gasteiger partial charge on any atom is -1.00 e. The summed E-state index contributed by atoms with van der Waals surface area (Å²) in [5, 5.41) is -3.16. The van der Waals surface area contributed by atoms with E-state index in [2.05, 4.69) is 0 Å². The molecule has 0 bridgehead atoms. The predicted molar refractivity (Wildman–Crippen MR) is 48.2 cm³/mol. The Kier molecular flexibility index (Phi) is 5.91. The van der Waals surface area contributed by atoms with Gasteiger partial charge in [-0.25, -0.2) is 26.3 Å². The molecule has 0 fully saturated rings. The van der Waals surface area contributed by atoms with Crippen LogP contribution in [0.3, 0.4) is 0 Å². The topological polar surface area (TPSA) is 0 Å². The van der Waals surface area contributed by atoms with Crippen LogP contribution in [0.4, 0.5) is 30.7 Å². The van der Waals surface area contributed by atoms with Crippen LogP contribution in [0.5, 0.6) is 0 Å². The van der Waals surface area contributed by atoms with Crippen LogP contribution >= 0.6 is 0 Å². The molecule has 0 radical (unpaired) electrons. The predicted octanol–water partition coefficient (Wildman–Crippen LogP) is 0.237. The van der Waals surface area contributed by atoms with Gasteiger partial charge in [-0.1, -0.05) is 0 Å². The van der Waals surface area contributed by atoms with E-state index in [9.17, 15) is 30.7 Å². The number of hydrogen-bond acceptors (Lipinski definition) is 0. The van der Waals surface area contributed by atoms with Crippen molar-refractivity contribution in [2.75, 3.05) is 0 Å². The summed E-state index contributed by atoms with van der Waals surface area (Å²) in [6.45, 7) is 0. The first-order chi connectivity index (χ1) is 7.86. The van der Waals surface area contributed by atoms with Crippen molar-refractivity contribution in [2.45, 2.75) is 0 Å². The van der Waals surface area contributed by atoms with Gasteiger partial charge in [0.15, 0.2) is 11.6 Å². The Hall–Kier alpha value is -0.734. The average Bonchev–Trinajstić information content (AvgIpc) is 2.28. The van der Waals surface area contributed by atoms with E-state index in [0.29, 0.717) is 0 Å². The second-order valence-electron chi connectivity index (χ2n) is 3.07. The fraction of sp³-hybridized carbons (Fsp3) is 0. The monoisotopic (exact) mass is 312 g/mol. The molecule has 2 aromatic rings. The quantitative estimate of drug-likeness (QED) is 0.215. The maximum atomic E-state index is 13.1. The largest absolute Gasteiger partial charge is 2.00 e. The number of hydrogen-bond donors (Lipinski definition) is 0. The summed E-state index contributed by atoms with van der Waals surface area (Å²) < 4.78 is 90.4. The summed E-state index contributed by atoms with van der Waals surface area (Å²) in [7, 11) is 0. The first-order valence-corrected chi connectivity index (χ1v) is 4.07. The van der Waals surface area contributed by atoms with Crippen LogP contribution in [0.25, 0.3) is 10.8 Å². The Morgan fingerprint density at radius 3 is 1.42 bits per heavy atom. The summed E-state index contributed by atoms with van der Waals surface area (Å²) in [4.78, 5) is 0. The van der Waals surface area contributed by atoms with Gasteiger partial charge in [0.2, 0.25) is 0 Å². The molecule has 0 unspecified atom stereocenters. The maximum absolute atomic E-state index is 13.1. The number of halogens is 8. The minimum atomic E-state index is -2.35. The molecule has 2 aromatic carbocycles. The summed E-state index contributed by atoms with van der Waals surface area (Å²) in [5.41, 5.74) is 0. The molecule has 9 heteroatoms. The van der Waals surface area contributed by atoms with Crippen molar-refractivity contribution in [1.82, 2.24) is 0 Å². The smallest absolute Gasteiger partial charge is 1.00 e. The molecule has 0 heterocycles. The van der Waals surface area contributed by atoms with Crippen molar-refractivity contribution in [1.29, 1.82) is 0 Å². The zero-order valence-electron chi connectivity index (χ0n) is 8.73. The zero-order valence-corrected chi connectivity index (χ0v) is 10.9. The van der Waals surface area contributed by atoms with Crippen LogP contribution in [0.1, 0.15) is 0 Å². The van der Waals surface area contributed by atoms with Crippen molar-refractivity contribution in [3.63, 3.8) is 0 Å². The molecule has 0 nitrogen and oxygen atoms in total. The SMILES string of the molecule is Fc1[c-]c(F)c2c(F)c(F)c(F)c(F)c2c1F.[Cl-].[Mg+2]. The van der Waals surface area contributed by atoms with E-state index in [1.54, 1.807) is 0 Å². The molecule has 19 heavy (non-hydrogen) atoms. The molecule has 98 valence electrons. The van der Waals surface area contributed by atoms with E-state index in [4.69, 9.17) is 0 Å². The molecule has 0 aromatic heterocycles. The van der Waals surface area contributed by atoms with Crippen molar-refractivity contribution >= 4 is 33.8 Å². The van der Waals surface area contributed by atoms with Gasteiger partial charge >= 0.3 is 23.1 Å². The molecule has 0 saturated heterocycles. The van der Waals surface area contributed by atoms with Gasteiger partial charge in [-0.3, -0.25) is 4.39 Å². The molecule has 0 amide bonds. The van der Waals surface area contributed by atoms with Crippen LogP contribution in [0, 0.1) is 46.8 Å². The van der Waals surface area contributed by atoms with Gasteiger partial charge in [0, 0.05) is 11.6 Å². The third-order valence-electron chi connectivity index (χ3n) is 2.12. The molecule has 0 N–H and O–H groups in total. The Morgan fingerprint density at radius 2 is 0.947 bits per heavy atom. The molecule has 0 saturated carbocycles. The summed E-state index contributed by atoms with van der Waals surface area (Å²) in [6.07, 6.45) is 0. The summed E-state index contributed by atoms with van der Waals surface area (Å²) in [6, 6.07) is 1.09. The van der Waals surface area contributed by atoms with E-state index in [1.165, 1.54) is 0 Å². The first kappa shape index (κ1) is 18.3. The van der Waals surface area contributed by atoms with Crippen molar-refractivity contribution in [3.8, 4) is 0 Å². The van der Waals surface area contributed by atoms with Gasteiger partial charge < -0.3 is 12.4 Å².